The van der Waals surface area contributed by atoms with Gasteiger partial charge in [0, 0.05) is 18.8 Å². The molecule has 0 aromatic carbocycles. The molecule has 0 saturated heterocycles. The Balaban J connectivity index is 2.58. The van der Waals surface area contributed by atoms with Gasteiger partial charge in [-0.3, -0.25) is 4.79 Å². The van der Waals surface area contributed by atoms with Crippen molar-refractivity contribution in [2.45, 2.75) is 6.92 Å². The molecule has 0 fully saturated rings. The number of nitrogens with one attached hydrogen (secondary N) is 1. The van der Waals surface area contributed by atoms with Crippen molar-refractivity contribution >= 4 is 27.8 Å². The molecule has 0 aliphatic carbocycles. The number of carbonyl (C=O) groups is 2. The van der Waals surface area contributed by atoms with E-state index in [1.165, 1.54) is 25.5 Å². The molecule has 0 unspecified atom stereocenters. The Morgan fingerprint density at radius 3 is 2.94 bits per heavy atom. The van der Waals surface area contributed by atoms with Crippen molar-refractivity contribution in [1.29, 1.82) is 0 Å². The lowest BCUT2D eigenvalue weighted by molar-refractivity contribution is -0.134. The molecule has 0 aliphatic rings. The van der Waals surface area contributed by atoms with Crippen molar-refractivity contribution in [1.82, 2.24) is 15.3 Å². The molecule has 0 saturated carbocycles. The van der Waals surface area contributed by atoms with Crippen LogP contribution in [0.4, 0.5) is 0 Å². The number of esters is 1. The maximum atomic E-state index is 11.8. The number of hydrogen-bond donors (Lipinski definition) is 1. The summed E-state index contributed by atoms with van der Waals surface area (Å²) in [5, 5.41) is 2.59. The molecule has 1 rings (SSSR count). The van der Waals surface area contributed by atoms with Crippen LogP contribution in [0, 0.1) is 6.92 Å². The highest BCUT2D eigenvalue weighted by Crippen LogP contribution is 2.12. The molecule has 18 heavy (non-hydrogen) atoms. The second-order valence-electron chi connectivity index (χ2n) is 3.25. The minimum Gasteiger partial charge on any atom is -0.466 e. The van der Waals surface area contributed by atoms with Gasteiger partial charge >= 0.3 is 5.97 Å². The van der Waals surface area contributed by atoms with Crippen LogP contribution in [0.25, 0.3) is 0 Å². The number of nitrogens with zero attached hydrogens (tertiary/aromatic N) is 2. The Morgan fingerprint density at radius 1 is 1.56 bits per heavy atom. The Labute approximate surface area is 113 Å². The number of amides is 1. The molecule has 7 heteroatoms. The number of carbonyl (C=O) groups excluding carboxylic acids is 2. The van der Waals surface area contributed by atoms with E-state index in [1.54, 1.807) is 6.92 Å². The summed E-state index contributed by atoms with van der Waals surface area (Å²) in [6.45, 7) is 1.91. The third-order valence-corrected chi connectivity index (χ3v) is 2.50. The van der Waals surface area contributed by atoms with Gasteiger partial charge in [0.2, 0.25) is 0 Å². The highest BCUT2D eigenvalue weighted by molar-refractivity contribution is 9.10. The first kappa shape index (κ1) is 14.3. The standard InChI is InChI=1S/C11H12BrN3O3/c1-7-14-6-8(12)10(15-7)11(17)13-5-3-4-9(16)18-2/h3-4,6H,5H2,1-2H3,(H,13,17)/b4-3+. The predicted molar refractivity (Wildman–Crippen MR) is 68.0 cm³/mol. The van der Waals surface area contributed by atoms with Crippen LogP contribution in [-0.4, -0.2) is 35.5 Å². The van der Waals surface area contributed by atoms with Crippen LogP contribution in [0.5, 0.6) is 0 Å². The lowest BCUT2D eigenvalue weighted by atomic mass is 10.3. The number of aromatic nitrogens is 2. The minimum absolute atomic E-state index is 0.212. The summed E-state index contributed by atoms with van der Waals surface area (Å²) in [4.78, 5) is 30.5. The molecule has 96 valence electrons. The van der Waals surface area contributed by atoms with Gasteiger partial charge in [0.25, 0.3) is 5.91 Å². The van der Waals surface area contributed by atoms with Crippen LogP contribution in [0.15, 0.2) is 22.8 Å². The Hall–Kier alpha value is -1.76. The first-order valence-electron chi connectivity index (χ1n) is 5.06. The number of ether oxygens (including phenoxy) is 1. The van der Waals surface area contributed by atoms with Gasteiger partial charge in [-0.15, -0.1) is 0 Å². The fourth-order valence-corrected chi connectivity index (χ4v) is 1.44. The van der Waals surface area contributed by atoms with Crippen molar-refractivity contribution in [3.05, 3.63) is 34.3 Å². The third kappa shape index (κ3) is 4.25. The van der Waals surface area contributed by atoms with Gasteiger partial charge in [0.1, 0.15) is 11.5 Å². The smallest absolute Gasteiger partial charge is 0.330 e. The molecule has 0 atom stereocenters. The van der Waals surface area contributed by atoms with Gasteiger partial charge in [0.05, 0.1) is 11.6 Å². The third-order valence-electron chi connectivity index (χ3n) is 1.92. The van der Waals surface area contributed by atoms with Gasteiger partial charge in [-0.25, -0.2) is 14.8 Å². The predicted octanol–water partition coefficient (Wildman–Crippen LogP) is 1.01. The summed E-state index contributed by atoms with van der Waals surface area (Å²) in [7, 11) is 1.28. The topological polar surface area (TPSA) is 81.2 Å². The normalized spacial score (nSPS) is 10.4. The molecule has 0 radical (unpaired) electrons. The van der Waals surface area contributed by atoms with Crippen LogP contribution >= 0.6 is 15.9 Å². The summed E-state index contributed by atoms with van der Waals surface area (Å²) < 4.78 is 4.93. The zero-order valence-corrected chi connectivity index (χ0v) is 11.5. The van der Waals surface area contributed by atoms with E-state index in [0.717, 1.165) is 0 Å². The zero-order valence-electron chi connectivity index (χ0n) is 9.94. The summed E-state index contributed by atoms with van der Waals surface area (Å²) in [5.41, 5.74) is 0.258. The van der Waals surface area contributed by atoms with E-state index < -0.39 is 5.97 Å². The molecule has 1 heterocycles. The van der Waals surface area contributed by atoms with Gasteiger partial charge < -0.3 is 10.1 Å². The van der Waals surface area contributed by atoms with E-state index in [4.69, 9.17) is 0 Å². The van der Waals surface area contributed by atoms with Gasteiger partial charge in [-0.2, -0.15) is 0 Å². The molecule has 1 N–H and O–H groups in total. The van der Waals surface area contributed by atoms with Gasteiger partial charge in [-0.05, 0) is 22.9 Å². The molecule has 0 bridgehead atoms. The van der Waals surface area contributed by atoms with Crippen molar-refractivity contribution in [2.24, 2.45) is 0 Å². The summed E-state index contributed by atoms with van der Waals surface area (Å²) in [5.74, 6) is -0.307. The van der Waals surface area contributed by atoms with Crippen LogP contribution in [0.2, 0.25) is 0 Å². The van der Waals surface area contributed by atoms with Crippen LogP contribution in [0.1, 0.15) is 16.3 Å². The summed E-state index contributed by atoms with van der Waals surface area (Å²) >= 11 is 3.20. The van der Waals surface area contributed by atoms with E-state index in [2.05, 4.69) is 36.0 Å². The van der Waals surface area contributed by atoms with Crippen molar-refractivity contribution in [3.63, 3.8) is 0 Å². The molecular weight excluding hydrogens is 302 g/mol. The fourth-order valence-electron chi connectivity index (χ4n) is 1.07. The number of halogens is 1. The Bertz CT molecular complexity index is 488. The number of methoxy groups -OCH3 is 1. The molecule has 1 amide bonds. The molecule has 1 aromatic heterocycles. The Morgan fingerprint density at radius 2 is 2.28 bits per heavy atom. The molecule has 1 aromatic rings. The molecular formula is C11H12BrN3O3. The van der Waals surface area contributed by atoms with E-state index in [1.807, 2.05) is 0 Å². The average Bonchev–Trinajstić information content (AvgIpc) is 2.36. The number of hydrogen-bond acceptors (Lipinski definition) is 5. The lowest BCUT2D eigenvalue weighted by Crippen LogP contribution is -2.25. The Kier molecular flexibility index (Phi) is 5.44. The lowest BCUT2D eigenvalue weighted by Gasteiger charge is -2.04. The second-order valence-corrected chi connectivity index (χ2v) is 4.10. The maximum absolute atomic E-state index is 11.8. The number of rotatable bonds is 4. The van der Waals surface area contributed by atoms with E-state index in [-0.39, 0.29) is 18.1 Å². The zero-order chi connectivity index (χ0) is 13.5. The minimum atomic E-state index is -0.469. The van der Waals surface area contributed by atoms with Crippen molar-refractivity contribution in [3.8, 4) is 0 Å². The van der Waals surface area contributed by atoms with E-state index in [0.29, 0.717) is 10.3 Å². The summed E-state index contributed by atoms with van der Waals surface area (Å²) in [6.07, 6.45) is 4.24. The van der Waals surface area contributed by atoms with Gasteiger partial charge in [-0.1, -0.05) is 6.08 Å². The van der Waals surface area contributed by atoms with Crippen LogP contribution in [0.3, 0.4) is 0 Å². The van der Waals surface area contributed by atoms with Crippen LogP contribution < -0.4 is 5.32 Å². The fraction of sp³-hybridized carbons (Fsp3) is 0.273. The van der Waals surface area contributed by atoms with E-state index >= 15 is 0 Å². The first-order chi connectivity index (χ1) is 8.54. The van der Waals surface area contributed by atoms with Crippen molar-refractivity contribution < 1.29 is 14.3 Å². The first-order valence-corrected chi connectivity index (χ1v) is 5.85. The second kappa shape index (κ2) is 6.85. The highest BCUT2D eigenvalue weighted by atomic mass is 79.9. The summed E-state index contributed by atoms with van der Waals surface area (Å²) in [6, 6.07) is 0. The number of aryl methyl sites for hydroxylation is 1. The average molecular weight is 314 g/mol. The van der Waals surface area contributed by atoms with Gasteiger partial charge in [0.15, 0.2) is 0 Å². The molecule has 6 nitrogen and oxygen atoms in total. The highest BCUT2D eigenvalue weighted by Gasteiger charge is 2.11. The monoisotopic (exact) mass is 313 g/mol. The van der Waals surface area contributed by atoms with Crippen molar-refractivity contribution in [2.75, 3.05) is 13.7 Å². The van der Waals surface area contributed by atoms with Crippen LogP contribution in [-0.2, 0) is 9.53 Å². The maximum Gasteiger partial charge on any atom is 0.330 e. The quantitative estimate of drug-likeness (QED) is 0.662. The SMILES string of the molecule is COC(=O)/C=C/CNC(=O)c1nc(C)ncc1Br. The largest absolute Gasteiger partial charge is 0.466 e. The van der Waals surface area contributed by atoms with E-state index in [9.17, 15) is 9.59 Å². The molecule has 0 spiro atoms. The molecule has 0 aliphatic heterocycles.